The Morgan fingerprint density at radius 3 is 2.47 bits per heavy atom. The summed E-state index contributed by atoms with van der Waals surface area (Å²) in [6.07, 6.45) is 9.48. The average Bonchev–Trinajstić information content (AvgIpc) is 3.36. The average molecular weight is 424 g/mol. The van der Waals surface area contributed by atoms with Crippen molar-refractivity contribution in [2.45, 2.75) is 25.4 Å². The zero-order valence-corrected chi connectivity index (χ0v) is 17.9. The Kier molecular flexibility index (Phi) is 4.89. The van der Waals surface area contributed by atoms with Gasteiger partial charge >= 0.3 is 0 Å². The Morgan fingerprint density at radius 1 is 0.844 bits per heavy atom. The maximum Gasteiger partial charge on any atom is 0.151 e. The van der Waals surface area contributed by atoms with Gasteiger partial charge in [-0.25, -0.2) is 0 Å². The Morgan fingerprint density at radius 2 is 1.66 bits per heavy atom. The van der Waals surface area contributed by atoms with Crippen molar-refractivity contribution >= 4 is 11.4 Å². The molecule has 0 N–H and O–H groups in total. The third-order valence-corrected chi connectivity index (χ3v) is 6.49. The summed E-state index contributed by atoms with van der Waals surface area (Å²) in [7, 11) is 0. The van der Waals surface area contributed by atoms with E-state index in [1.807, 2.05) is 36.9 Å². The van der Waals surface area contributed by atoms with Crippen molar-refractivity contribution in [1.29, 1.82) is 0 Å². The smallest absolute Gasteiger partial charge is 0.151 e. The molecule has 1 saturated heterocycles. The van der Waals surface area contributed by atoms with Crippen LogP contribution in [0.5, 0.6) is 11.5 Å². The second kappa shape index (κ2) is 8.17. The van der Waals surface area contributed by atoms with Gasteiger partial charge in [0.25, 0.3) is 0 Å². The fraction of sp³-hybridized carbons (Fsp3) is 0.222. The third-order valence-electron chi connectivity index (χ3n) is 6.49. The monoisotopic (exact) mass is 423 g/mol. The molecule has 2 aliphatic heterocycles. The Balaban J connectivity index is 1.29. The first kappa shape index (κ1) is 19.1. The number of para-hydroxylation sites is 2. The van der Waals surface area contributed by atoms with E-state index in [9.17, 15) is 0 Å². The standard InChI is InChI=1S/C27H25N3O2/c1-2-4-26-24(3-1)30(23-9-14-29(15-10-23)18-20-11-16-31-19-20)25-6-5-22(17-27(25)32-26)21-7-12-28-13-8-21/h1-8,11-13,16-17,19,23H,9-10,14-15,18H2. The lowest BCUT2D eigenvalue weighted by Gasteiger charge is -2.42. The molecule has 0 spiro atoms. The number of fused-ring (bicyclic) bond motifs is 2. The van der Waals surface area contributed by atoms with Crippen molar-refractivity contribution in [2.24, 2.45) is 0 Å². The van der Waals surface area contributed by atoms with Crippen LogP contribution in [0.3, 0.4) is 0 Å². The Labute approximate surface area is 187 Å². The first-order valence-electron chi connectivity index (χ1n) is 11.2. The van der Waals surface area contributed by atoms with Crippen LogP contribution in [0.1, 0.15) is 18.4 Å². The van der Waals surface area contributed by atoms with Gasteiger partial charge < -0.3 is 14.1 Å². The number of nitrogens with zero attached hydrogens (tertiary/aromatic N) is 3. The number of piperidine rings is 1. The van der Waals surface area contributed by atoms with Gasteiger partial charge in [-0.2, -0.15) is 0 Å². The van der Waals surface area contributed by atoms with Gasteiger partial charge in [0, 0.05) is 43.6 Å². The molecule has 32 heavy (non-hydrogen) atoms. The quantitative estimate of drug-likeness (QED) is 0.388. The molecule has 0 radical (unpaired) electrons. The van der Waals surface area contributed by atoms with E-state index in [4.69, 9.17) is 9.15 Å². The topological polar surface area (TPSA) is 41.7 Å². The van der Waals surface area contributed by atoms with Gasteiger partial charge in [-0.3, -0.25) is 9.88 Å². The van der Waals surface area contributed by atoms with E-state index in [0.717, 1.165) is 66.5 Å². The molecule has 0 atom stereocenters. The Bertz CT molecular complexity index is 1200. The summed E-state index contributed by atoms with van der Waals surface area (Å²) in [5.74, 6) is 1.84. The molecule has 5 heteroatoms. The zero-order valence-electron chi connectivity index (χ0n) is 17.9. The van der Waals surface area contributed by atoms with E-state index >= 15 is 0 Å². The van der Waals surface area contributed by atoms with Crippen molar-refractivity contribution in [1.82, 2.24) is 9.88 Å². The van der Waals surface area contributed by atoms with Gasteiger partial charge in [-0.15, -0.1) is 0 Å². The van der Waals surface area contributed by atoms with Crippen LogP contribution < -0.4 is 9.64 Å². The summed E-state index contributed by atoms with van der Waals surface area (Å²) in [5.41, 5.74) is 5.83. The molecular formula is C27H25N3O2. The molecule has 4 heterocycles. The normalized spacial score (nSPS) is 16.3. The van der Waals surface area contributed by atoms with Crippen molar-refractivity contribution in [3.8, 4) is 22.6 Å². The zero-order chi connectivity index (χ0) is 21.3. The molecule has 4 aromatic rings. The summed E-state index contributed by atoms with van der Waals surface area (Å²) in [6.45, 7) is 3.09. The highest BCUT2D eigenvalue weighted by Gasteiger charge is 2.32. The molecule has 2 aliphatic rings. The molecule has 1 fully saturated rings. The number of ether oxygens (including phenoxy) is 1. The highest BCUT2D eigenvalue weighted by Crippen LogP contribution is 2.49. The fourth-order valence-electron chi connectivity index (χ4n) is 4.88. The van der Waals surface area contributed by atoms with Gasteiger partial charge in [0.2, 0.25) is 0 Å². The predicted octanol–water partition coefficient (Wildman–Crippen LogP) is 6.25. The first-order chi connectivity index (χ1) is 15.8. The number of hydrogen-bond donors (Lipinski definition) is 0. The lowest BCUT2D eigenvalue weighted by molar-refractivity contribution is 0.204. The third kappa shape index (κ3) is 3.55. The molecule has 160 valence electrons. The van der Waals surface area contributed by atoms with Crippen LogP contribution in [0, 0.1) is 0 Å². The minimum absolute atomic E-state index is 0.436. The van der Waals surface area contributed by atoms with E-state index in [-0.39, 0.29) is 0 Å². The maximum atomic E-state index is 6.37. The van der Waals surface area contributed by atoms with E-state index in [1.165, 1.54) is 5.56 Å². The van der Waals surface area contributed by atoms with Gasteiger partial charge in [0.1, 0.15) is 0 Å². The van der Waals surface area contributed by atoms with E-state index in [1.54, 1.807) is 6.26 Å². The van der Waals surface area contributed by atoms with Crippen LogP contribution in [0.2, 0.25) is 0 Å². The summed E-state index contributed by atoms with van der Waals surface area (Å²) in [5, 5.41) is 0. The van der Waals surface area contributed by atoms with Crippen molar-refractivity contribution in [3.05, 3.63) is 91.1 Å². The number of furan rings is 1. The molecular weight excluding hydrogens is 398 g/mol. The SMILES string of the molecule is c1ccc2c(c1)Oc1cc(-c3ccncc3)ccc1N2C1CCN(Cc2ccoc2)CC1. The molecule has 2 aromatic carbocycles. The molecule has 0 saturated carbocycles. The minimum atomic E-state index is 0.436. The number of benzene rings is 2. The van der Waals surface area contributed by atoms with Crippen molar-refractivity contribution in [3.63, 3.8) is 0 Å². The summed E-state index contributed by atoms with van der Waals surface area (Å²) >= 11 is 0. The lowest BCUT2D eigenvalue weighted by atomic mass is 9.98. The first-order valence-corrected chi connectivity index (χ1v) is 11.2. The molecule has 0 bridgehead atoms. The maximum absolute atomic E-state index is 6.37. The molecule has 0 amide bonds. The number of likely N-dealkylation sites (tertiary alicyclic amines) is 1. The van der Waals surface area contributed by atoms with Crippen LogP contribution in [0.25, 0.3) is 11.1 Å². The molecule has 5 nitrogen and oxygen atoms in total. The minimum Gasteiger partial charge on any atom is -0.472 e. The number of anilines is 2. The van der Waals surface area contributed by atoms with Crippen LogP contribution >= 0.6 is 0 Å². The van der Waals surface area contributed by atoms with Gasteiger partial charge in [-0.1, -0.05) is 18.2 Å². The van der Waals surface area contributed by atoms with E-state index in [0.29, 0.717) is 6.04 Å². The highest BCUT2D eigenvalue weighted by molar-refractivity contribution is 5.81. The van der Waals surface area contributed by atoms with Crippen LogP contribution in [-0.4, -0.2) is 29.0 Å². The highest BCUT2D eigenvalue weighted by atomic mass is 16.5. The predicted molar refractivity (Wildman–Crippen MR) is 125 cm³/mol. The second-order valence-electron chi connectivity index (χ2n) is 8.50. The second-order valence-corrected chi connectivity index (χ2v) is 8.50. The molecule has 6 rings (SSSR count). The van der Waals surface area contributed by atoms with Gasteiger partial charge in [0.15, 0.2) is 11.5 Å². The number of rotatable bonds is 4. The summed E-state index contributed by atoms with van der Waals surface area (Å²) in [4.78, 5) is 9.16. The lowest BCUT2D eigenvalue weighted by Crippen LogP contribution is -2.43. The molecule has 2 aromatic heterocycles. The van der Waals surface area contributed by atoms with E-state index < -0.39 is 0 Å². The summed E-state index contributed by atoms with van der Waals surface area (Å²) in [6, 6.07) is 21.5. The number of aromatic nitrogens is 1. The van der Waals surface area contributed by atoms with E-state index in [2.05, 4.69) is 57.2 Å². The van der Waals surface area contributed by atoms with Crippen LogP contribution in [-0.2, 0) is 6.54 Å². The van der Waals surface area contributed by atoms with Gasteiger partial charge in [0.05, 0.1) is 23.9 Å². The van der Waals surface area contributed by atoms with Crippen LogP contribution in [0.15, 0.2) is 90.0 Å². The largest absolute Gasteiger partial charge is 0.472 e. The van der Waals surface area contributed by atoms with Crippen molar-refractivity contribution < 1.29 is 9.15 Å². The molecule has 0 aliphatic carbocycles. The number of pyridine rings is 1. The fourth-order valence-corrected chi connectivity index (χ4v) is 4.88. The van der Waals surface area contributed by atoms with Crippen molar-refractivity contribution in [2.75, 3.05) is 18.0 Å². The Hall–Kier alpha value is -3.57. The van der Waals surface area contributed by atoms with Gasteiger partial charge in [-0.05, 0) is 66.4 Å². The molecule has 0 unspecified atom stereocenters. The summed E-state index contributed by atoms with van der Waals surface area (Å²) < 4.78 is 11.6. The number of hydrogen-bond acceptors (Lipinski definition) is 5. The van der Waals surface area contributed by atoms with Crippen LogP contribution in [0.4, 0.5) is 11.4 Å².